The highest BCUT2D eigenvalue weighted by Gasteiger charge is 2.23. The first-order valence-electron chi connectivity index (χ1n) is 7.29. The van der Waals surface area contributed by atoms with E-state index in [1.807, 2.05) is 12.1 Å². The highest BCUT2D eigenvalue weighted by Crippen LogP contribution is 2.23. The van der Waals surface area contributed by atoms with Crippen LogP contribution in [0.4, 0.5) is 0 Å². The van der Waals surface area contributed by atoms with Crippen LogP contribution in [0.15, 0.2) is 24.3 Å². The molecule has 0 aromatic heterocycles. The van der Waals surface area contributed by atoms with Crippen molar-refractivity contribution in [2.45, 2.75) is 57.2 Å². The molecule has 1 saturated carbocycles. The van der Waals surface area contributed by atoms with Crippen LogP contribution in [0.1, 0.15) is 50.6 Å². The minimum Gasteiger partial charge on any atom is -0.497 e. The summed E-state index contributed by atoms with van der Waals surface area (Å²) in [5, 5.41) is 13.7. The summed E-state index contributed by atoms with van der Waals surface area (Å²) in [6.45, 7) is 2.15. The van der Waals surface area contributed by atoms with Crippen LogP contribution in [0.5, 0.6) is 5.75 Å². The molecule has 3 unspecified atom stereocenters. The summed E-state index contributed by atoms with van der Waals surface area (Å²) in [7, 11) is 1.69. The summed E-state index contributed by atoms with van der Waals surface area (Å²) in [5.74, 6) is 0.882. The third-order valence-corrected chi connectivity index (χ3v) is 4.04. The summed E-state index contributed by atoms with van der Waals surface area (Å²) in [4.78, 5) is 0. The molecule has 2 rings (SSSR count). The van der Waals surface area contributed by atoms with Crippen molar-refractivity contribution in [2.75, 3.05) is 7.11 Å². The average Bonchev–Trinajstić information content (AvgIpc) is 2.64. The Labute approximate surface area is 116 Å². The third kappa shape index (κ3) is 3.95. The Morgan fingerprint density at radius 1 is 1.26 bits per heavy atom. The Balaban J connectivity index is 2.00. The molecule has 1 fully saturated rings. The molecule has 3 atom stereocenters. The third-order valence-electron chi connectivity index (χ3n) is 4.04. The van der Waals surface area contributed by atoms with Gasteiger partial charge < -0.3 is 15.2 Å². The van der Waals surface area contributed by atoms with Gasteiger partial charge in [-0.15, -0.1) is 0 Å². The van der Waals surface area contributed by atoms with Crippen molar-refractivity contribution in [3.8, 4) is 5.75 Å². The Kier molecular flexibility index (Phi) is 5.23. The van der Waals surface area contributed by atoms with Crippen LogP contribution in [0.25, 0.3) is 0 Å². The lowest BCUT2D eigenvalue weighted by Crippen LogP contribution is -2.40. The minimum atomic E-state index is -0.212. The van der Waals surface area contributed by atoms with Gasteiger partial charge in [0.05, 0.1) is 13.2 Å². The molecule has 0 saturated heterocycles. The molecule has 2 N–H and O–H groups in total. The van der Waals surface area contributed by atoms with E-state index >= 15 is 0 Å². The summed E-state index contributed by atoms with van der Waals surface area (Å²) in [6.07, 6.45) is 5.36. The summed E-state index contributed by atoms with van der Waals surface area (Å²) in [6, 6.07) is 8.56. The molecule has 0 heterocycles. The summed E-state index contributed by atoms with van der Waals surface area (Å²) >= 11 is 0. The fourth-order valence-corrected chi connectivity index (χ4v) is 2.81. The first-order valence-corrected chi connectivity index (χ1v) is 7.29. The molecule has 106 valence electrons. The Morgan fingerprint density at radius 2 is 2.05 bits per heavy atom. The topological polar surface area (TPSA) is 41.5 Å². The summed E-state index contributed by atoms with van der Waals surface area (Å²) in [5.41, 5.74) is 1.20. The molecule has 19 heavy (non-hydrogen) atoms. The van der Waals surface area contributed by atoms with Crippen LogP contribution >= 0.6 is 0 Å². The van der Waals surface area contributed by atoms with Gasteiger partial charge in [-0.2, -0.15) is 0 Å². The van der Waals surface area contributed by atoms with Gasteiger partial charge in [0.15, 0.2) is 0 Å². The van der Waals surface area contributed by atoms with Gasteiger partial charge in [0, 0.05) is 12.1 Å². The Morgan fingerprint density at radius 3 is 2.84 bits per heavy atom. The van der Waals surface area contributed by atoms with Gasteiger partial charge in [-0.05, 0) is 37.5 Å². The van der Waals surface area contributed by atoms with Crippen molar-refractivity contribution >= 4 is 0 Å². The van der Waals surface area contributed by atoms with Crippen molar-refractivity contribution < 1.29 is 9.84 Å². The molecule has 0 amide bonds. The lowest BCUT2D eigenvalue weighted by atomic mass is 10.0. The van der Waals surface area contributed by atoms with Gasteiger partial charge in [-0.3, -0.25) is 0 Å². The molecular weight excluding hydrogens is 238 g/mol. The van der Waals surface area contributed by atoms with E-state index in [4.69, 9.17) is 4.74 Å². The molecule has 0 radical (unpaired) electrons. The minimum absolute atomic E-state index is 0.212. The largest absolute Gasteiger partial charge is 0.497 e. The molecule has 1 aliphatic carbocycles. The molecule has 0 spiro atoms. The van der Waals surface area contributed by atoms with Crippen LogP contribution < -0.4 is 10.1 Å². The standard InChI is InChI=1S/C16H25NO2/c1-12(13-7-6-8-14(11-13)19-2)17-15-9-4-3-5-10-16(15)18/h6-8,11-12,15-18H,3-5,9-10H2,1-2H3. The Hall–Kier alpha value is -1.06. The molecule has 3 nitrogen and oxygen atoms in total. The fourth-order valence-electron chi connectivity index (χ4n) is 2.81. The fraction of sp³-hybridized carbons (Fsp3) is 0.625. The second-order valence-corrected chi connectivity index (χ2v) is 5.48. The Bertz CT molecular complexity index is 394. The van der Waals surface area contributed by atoms with Gasteiger partial charge in [-0.1, -0.05) is 31.4 Å². The quantitative estimate of drug-likeness (QED) is 0.820. The van der Waals surface area contributed by atoms with E-state index in [-0.39, 0.29) is 18.2 Å². The maximum absolute atomic E-state index is 10.2. The maximum Gasteiger partial charge on any atom is 0.119 e. The van der Waals surface area contributed by atoms with E-state index in [1.165, 1.54) is 18.4 Å². The zero-order valence-corrected chi connectivity index (χ0v) is 11.9. The number of ether oxygens (including phenoxy) is 1. The lowest BCUT2D eigenvalue weighted by Gasteiger charge is -2.26. The second-order valence-electron chi connectivity index (χ2n) is 5.48. The van der Waals surface area contributed by atoms with Crippen molar-refractivity contribution in [3.05, 3.63) is 29.8 Å². The van der Waals surface area contributed by atoms with Crippen molar-refractivity contribution in [1.29, 1.82) is 0 Å². The van der Waals surface area contributed by atoms with E-state index in [0.29, 0.717) is 0 Å². The van der Waals surface area contributed by atoms with Gasteiger partial charge in [0.25, 0.3) is 0 Å². The molecule has 3 heteroatoms. The zero-order valence-electron chi connectivity index (χ0n) is 11.9. The number of aliphatic hydroxyl groups excluding tert-OH is 1. The number of rotatable bonds is 4. The normalized spacial score (nSPS) is 25.6. The van der Waals surface area contributed by atoms with E-state index in [9.17, 15) is 5.11 Å². The van der Waals surface area contributed by atoms with Crippen LogP contribution in [-0.2, 0) is 0 Å². The highest BCUT2D eigenvalue weighted by molar-refractivity contribution is 5.30. The molecule has 1 aromatic rings. The number of methoxy groups -OCH3 is 1. The predicted octanol–water partition coefficient (Wildman–Crippen LogP) is 3.04. The van der Waals surface area contributed by atoms with Gasteiger partial charge in [0.1, 0.15) is 5.75 Å². The first kappa shape index (κ1) is 14.4. The monoisotopic (exact) mass is 263 g/mol. The SMILES string of the molecule is COc1cccc(C(C)NC2CCCCCC2O)c1. The molecule has 0 bridgehead atoms. The van der Waals surface area contributed by atoms with Crippen LogP contribution in [-0.4, -0.2) is 24.4 Å². The smallest absolute Gasteiger partial charge is 0.119 e. The molecule has 1 aromatic carbocycles. The van der Waals surface area contributed by atoms with Gasteiger partial charge in [-0.25, -0.2) is 0 Å². The number of benzene rings is 1. The van der Waals surface area contributed by atoms with Crippen LogP contribution in [0.3, 0.4) is 0 Å². The number of nitrogens with one attached hydrogen (secondary N) is 1. The number of aliphatic hydroxyl groups is 1. The van der Waals surface area contributed by atoms with Gasteiger partial charge >= 0.3 is 0 Å². The molecule has 1 aliphatic rings. The van der Waals surface area contributed by atoms with E-state index in [2.05, 4.69) is 24.4 Å². The zero-order chi connectivity index (χ0) is 13.7. The highest BCUT2D eigenvalue weighted by atomic mass is 16.5. The van der Waals surface area contributed by atoms with Crippen molar-refractivity contribution in [1.82, 2.24) is 5.32 Å². The molecular formula is C16H25NO2. The van der Waals surface area contributed by atoms with Crippen molar-refractivity contribution in [2.24, 2.45) is 0 Å². The second kappa shape index (κ2) is 6.92. The van der Waals surface area contributed by atoms with Gasteiger partial charge in [0.2, 0.25) is 0 Å². The van der Waals surface area contributed by atoms with E-state index < -0.39 is 0 Å². The number of hydrogen-bond acceptors (Lipinski definition) is 3. The van der Waals surface area contributed by atoms with E-state index in [0.717, 1.165) is 25.0 Å². The first-order chi connectivity index (χ1) is 9.20. The average molecular weight is 263 g/mol. The predicted molar refractivity (Wildman–Crippen MR) is 77.4 cm³/mol. The molecule has 0 aliphatic heterocycles. The van der Waals surface area contributed by atoms with Crippen molar-refractivity contribution in [3.63, 3.8) is 0 Å². The summed E-state index contributed by atoms with van der Waals surface area (Å²) < 4.78 is 5.26. The lowest BCUT2D eigenvalue weighted by molar-refractivity contribution is 0.115. The maximum atomic E-state index is 10.2. The number of hydrogen-bond donors (Lipinski definition) is 2. The van der Waals surface area contributed by atoms with Crippen LogP contribution in [0.2, 0.25) is 0 Å². The van der Waals surface area contributed by atoms with Crippen LogP contribution in [0, 0.1) is 0 Å². The van der Waals surface area contributed by atoms with E-state index in [1.54, 1.807) is 7.11 Å².